The molecule has 2 aromatic carbocycles. The first-order chi connectivity index (χ1) is 9.56. The van der Waals surface area contributed by atoms with Crippen LogP contribution in [-0.4, -0.2) is 13.0 Å². The highest BCUT2D eigenvalue weighted by Gasteiger charge is 2.20. The van der Waals surface area contributed by atoms with E-state index in [4.69, 9.17) is 5.26 Å². The summed E-state index contributed by atoms with van der Waals surface area (Å²) < 4.78 is 14.2. The molecule has 0 aliphatic carbocycles. The molecule has 0 bridgehead atoms. The van der Waals surface area contributed by atoms with Gasteiger partial charge in [0.15, 0.2) is 0 Å². The van der Waals surface area contributed by atoms with Crippen molar-refractivity contribution >= 4 is 27.5 Å². The van der Waals surface area contributed by atoms with Gasteiger partial charge in [-0.3, -0.25) is 4.79 Å². The summed E-state index contributed by atoms with van der Waals surface area (Å²) in [6.45, 7) is 0. The molecule has 100 valence electrons. The van der Waals surface area contributed by atoms with Crippen molar-refractivity contribution in [2.45, 2.75) is 0 Å². The quantitative estimate of drug-likeness (QED) is 0.840. The molecule has 5 heteroatoms. The van der Waals surface area contributed by atoms with Crippen molar-refractivity contribution in [3.8, 4) is 6.07 Å². The van der Waals surface area contributed by atoms with Gasteiger partial charge in [-0.05, 0) is 40.2 Å². The molecular weight excluding hydrogens is 323 g/mol. The summed E-state index contributed by atoms with van der Waals surface area (Å²) in [5.41, 5.74) is 0.757. The average molecular weight is 333 g/mol. The molecule has 1 amide bonds. The van der Waals surface area contributed by atoms with E-state index in [0.29, 0.717) is 11.3 Å². The third-order valence-electron chi connectivity index (χ3n) is 2.87. The van der Waals surface area contributed by atoms with Crippen molar-refractivity contribution in [1.82, 2.24) is 0 Å². The predicted octanol–water partition coefficient (Wildman–Crippen LogP) is 3.74. The molecule has 0 saturated carbocycles. The highest BCUT2D eigenvalue weighted by Crippen LogP contribution is 2.24. The fraction of sp³-hybridized carbons (Fsp3) is 0.0667. The lowest BCUT2D eigenvalue weighted by molar-refractivity contribution is 0.0989. The van der Waals surface area contributed by atoms with E-state index in [2.05, 4.69) is 15.9 Å². The van der Waals surface area contributed by atoms with E-state index < -0.39 is 11.7 Å². The van der Waals surface area contributed by atoms with Gasteiger partial charge in [0.2, 0.25) is 0 Å². The van der Waals surface area contributed by atoms with Crippen LogP contribution in [0.4, 0.5) is 10.1 Å². The van der Waals surface area contributed by atoms with Crippen LogP contribution < -0.4 is 4.90 Å². The van der Waals surface area contributed by atoms with Crippen LogP contribution in [0.1, 0.15) is 15.9 Å². The molecule has 0 atom stereocenters. The van der Waals surface area contributed by atoms with Crippen molar-refractivity contribution in [2.24, 2.45) is 0 Å². The van der Waals surface area contributed by atoms with E-state index in [0.717, 1.165) is 0 Å². The number of para-hydroxylation sites is 1. The number of hydrogen-bond acceptors (Lipinski definition) is 2. The Morgan fingerprint density at radius 1 is 1.25 bits per heavy atom. The lowest BCUT2D eigenvalue weighted by Crippen LogP contribution is -2.27. The summed E-state index contributed by atoms with van der Waals surface area (Å²) in [6, 6.07) is 13.2. The maximum atomic E-state index is 14.0. The van der Waals surface area contributed by atoms with Gasteiger partial charge in [-0.15, -0.1) is 0 Å². The van der Waals surface area contributed by atoms with Crippen LogP contribution in [-0.2, 0) is 0 Å². The van der Waals surface area contributed by atoms with Gasteiger partial charge in [0.05, 0.1) is 21.3 Å². The van der Waals surface area contributed by atoms with Gasteiger partial charge in [-0.25, -0.2) is 4.39 Å². The number of benzene rings is 2. The largest absolute Gasteiger partial charge is 0.310 e. The van der Waals surface area contributed by atoms with Crippen molar-refractivity contribution in [3.05, 3.63) is 63.9 Å². The van der Waals surface area contributed by atoms with E-state index in [1.807, 2.05) is 6.07 Å². The van der Waals surface area contributed by atoms with Crippen molar-refractivity contribution in [1.29, 1.82) is 5.26 Å². The number of amides is 1. The first-order valence-electron chi connectivity index (χ1n) is 5.77. The lowest BCUT2D eigenvalue weighted by atomic mass is 10.1. The standard InChI is InChI=1S/C15H10BrFN2O/c1-19(13-8-3-2-5-10(13)9-18)15(20)11-6-4-7-12(16)14(11)17/h2-8H,1H3. The Hall–Kier alpha value is -2.19. The Kier molecular flexibility index (Phi) is 4.16. The van der Waals surface area contributed by atoms with Gasteiger partial charge >= 0.3 is 0 Å². The van der Waals surface area contributed by atoms with Gasteiger partial charge < -0.3 is 4.90 Å². The van der Waals surface area contributed by atoms with E-state index in [-0.39, 0.29) is 10.0 Å². The molecular formula is C15H10BrFN2O. The average Bonchev–Trinajstić information content (AvgIpc) is 2.48. The lowest BCUT2D eigenvalue weighted by Gasteiger charge is -2.19. The van der Waals surface area contributed by atoms with Crippen molar-refractivity contribution < 1.29 is 9.18 Å². The number of hydrogen-bond donors (Lipinski definition) is 0. The van der Waals surface area contributed by atoms with Gasteiger partial charge in [0.1, 0.15) is 11.9 Å². The minimum atomic E-state index is -0.612. The summed E-state index contributed by atoms with van der Waals surface area (Å²) in [4.78, 5) is 13.6. The second-order valence-corrected chi connectivity index (χ2v) is 4.95. The fourth-order valence-corrected chi connectivity index (χ4v) is 2.19. The number of nitriles is 1. The summed E-state index contributed by atoms with van der Waals surface area (Å²) in [6.07, 6.45) is 0. The van der Waals surface area contributed by atoms with E-state index >= 15 is 0 Å². The molecule has 2 aromatic rings. The zero-order chi connectivity index (χ0) is 14.7. The third kappa shape index (κ3) is 2.56. The molecule has 0 aromatic heterocycles. The van der Waals surface area contributed by atoms with Gasteiger partial charge in [-0.2, -0.15) is 5.26 Å². The molecule has 0 saturated heterocycles. The second-order valence-electron chi connectivity index (χ2n) is 4.09. The SMILES string of the molecule is CN(C(=O)c1cccc(Br)c1F)c1ccccc1C#N. The molecule has 3 nitrogen and oxygen atoms in total. The number of anilines is 1. The molecule has 2 rings (SSSR count). The number of rotatable bonds is 2. The van der Waals surface area contributed by atoms with Gasteiger partial charge in [0.25, 0.3) is 5.91 Å². The Labute approximate surface area is 124 Å². The maximum Gasteiger partial charge on any atom is 0.261 e. The number of carbonyl (C=O) groups excluding carboxylic acids is 1. The summed E-state index contributed by atoms with van der Waals surface area (Å²) >= 11 is 3.05. The van der Waals surface area contributed by atoms with Crippen molar-refractivity contribution in [2.75, 3.05) is 11.9 Å². The number of nitrogens with zero attached hydrogens (tertiary/aromatic N) is 2. The fourth-order valence-electron chi connectivity index (χ4n) is 1.82. The van der Waals surface area contributed by atoms with Crippen LogP contribution in [0.15, 0.2) is 46.9 Å². The normalized spacial score (nSPS) is 9.90. The molecule has 0 unspecified atom stereocenters. The molecule has 0 heterocycles. The highest BCUT2D eigenvalue weighted by atomic mass is 79.9. The molecule has 0 fully saturated rings. The Morgan fingerprint density at radius 3 is 2.65 bits per heavy atom. The Morgan fingerprint density at radius 2 is 1.95 bits per heavy atom. The summed E-state index contributed by atoms with van der Waals surface area (Å²) in [7, 11) is 1.51. The number of carbonyl (C=O) groups is 1. The Bertz CT molecular complexity index is 709. The topological polar surface area (TPSA) is 44.1 Å². The minimum absolute atomic E-state index is 0.0467. The third-order valence-corrected chi connectivity index (χ3v) is 3.48. The van der Waals surface area contributed by atoms with E-state index in [1.165, 1.54) is 24.1 Å². The highest BCUT2D eigenvalue weighted by molar-refractivity contribution is 9.10. The molecule has 0 spiro atoms. The monoisotopic (exact) mass is 332 g/mol. The van der Waals surface area contributed by atoms with Crippen LogP contribution in [0.25, 0.3) is 0 Å². The second kappa shape index (κ2) is 5.85. The van der Waals surface area contributed by atoms with Crippen molar-refractivity contribution in [3.63, 3.8) is 0 Å². The minimum Gasteiger partial charge on any atom is -0.310 e. The zero-order valence-electron chi connectivity index (χ0n) is 10.6. The first kappa shape index (κ1) is 14.2. The van der Waals surface area contributed by atoms with Crippen LogP contribution in [0.5, 0.6) is 0 Å². The van der Waals surface area contributed by atoms with Crippen LogP contribution in [0.2, 0.25) is 0 Å². The molecule has 0 N–H and O–H groups in total. The molecule has 0 aliphatic rings. The van der Waals surface area contributed by atoms with E-state index in [9.17, 15) is 9.18 Å². The van der Waals surface area contributed by atoms with Crippen LogP contribution in [0, 0.1) is 17.1 Å². The smallest absolute Gasteiger partial charge is 0.261 e. The van der Waals surface area contributed by atoms with Crippen LogP contribution in [0.3, 0.4) is 0 Å². The first-order valence-corrected chi connectivity index (χ1v) is 6.56. The van der Waals surface area contributed by atoms with Gasteiger partial charge in [-0.1, -0.05) is 18.2 Å². The number of halogens is 2. The molecule has 0 radical (unpaired) electrons. The van der Waals surface area contributed by atoms with E-state index in [1.54, 1.807) is 30.3 Å². The molecule has 0 aliphatic heterocycles. The zero-order valence-corrected chi connectivity index (χ0v) is 12.2. The molecule has 20 heavy (non-hydrogen) atoms. The maximum absolute atomic E-state index is 14.0. The summed E-state index contributed by atoms with van der Waals surface area (Å²) in [5, 5.41) is 9.05. The van der Waals surface area contributed by atoms with Gasteiger partial charge in [0, 0.05) is 7.05 Å². The predicted molar refractivity (Wildman–Crippen MR) is 78.0 cm³/mol. The van der Waals surface area contributed by atoms with Crippen LogP contribution >= 0.6 is 15.9 Å². The Balaban J connectivity index is 2.44. The summed E-state index contributed by atoms with van der Waals surface area (Å²) in [5.74, 6) is -1.12.